The van der Waals surface area contributed by atoms with E-state index in [1.165, 1.54) is 25.7 Å². The number of likely N-dealkylation sites (tertiary alicyclic amines) is 1. The minimum absolute atomic E-state index is 0.253. The summed E-state index contributed by atoms with van der Waals surface area (Å²) in [5.74, 6) is 2.00. The van der Waals surface area contributed by atoms with Gasteiger partial charge in [-0.15, -0.1) is 0 Å². The van der Waals surface area contributed by atoms with Crippen molar-refractivity contribution in [3.05, 3.63) is 0 Å². The normalized spacial score (nSPS) is 29.5. The molecule has 2 atom stereocenters. The number of hydrogen-bond acceptors (Lipinski definition) is 2. The monoisotopic (exact) mass is 280 g/mol. The van der Waals surface area contributed by atoms with Crippen LogP contribution in [-0.2, 0) is 4.79 Å². The Kier molecular flexibility index (Phi) is 5.11. The van der Waals surface area contributed by atoms with E-state index >= 15 is 0 Å². The average Bonchev–Trinajstić information content (AvgIpc) is 2.46. The van der Waals surface area contributed by atoms with Crippen molar-refractivity contribution in [2.24, 2.45) is 28.9 Å². The first-order chi connectivity index (χ1) is 9.41. The molecular formula is C17H32N2O. The number of hydrogen-bond donors (Lipinski definition) is 1. The van der Waals surface area contributed by atoms with Gasteiger partial charge in [0.2, 0.25) is 5.91 Å². The molecule has 1 saturated heterocycles. The lowest BCUT2D eigenvalue weighted by Gasteiger charge is -2.40. The Morgan fingerprint density at radius 3 is 2.35 bits per heavy atom. The molecular weight excluding hydrogens is 248 g/mol. The second kappa shape index (κ2) is 6.46. The molecule has 2 N–H and O–H groups in total. The molecule has 1 heterocycles. The lowest BCUT2D eigenvalue weighted by Crippen LogP contribution is -2.45. The zero-order chi connectivity index (χ0) is 14.8. The predicted octanol–water partition coefficient (Wildman–Crippen LogP) is 3.04. The average molecular weight is 280 g/mol. The summed E-state index contributed by atoms with van der Waals surface area (Å²) < 4.78 is 0. The molecule has 1 aliphatic carbocycles. The van der Waals surface area contributed by atoms with Gasteiger partial charge in [-0.3, -0.25) is 4.79 Å². The number of rotatable bonds is 2. The summed E-state index contributed by atoms with van der Waals surface area (Å²) in [4.78, 5) is 14.8. The van der Waals surface area contributed by atoms with Crippen LogP contribution in [0.2, 0.25) is 0 Å². The molecule has 20 heavy (non-hydrogen) atoms. The lowest BCUT2D eigenvalue weighted by molar-refractivity contribution is -0.139. The van der Waals surface area contributed by atoms with Crippen molar-refractivity contribution in [3.63, 3.8) is 0 Å². The summed E-state index contributed by atoms with van der Waals surface area (Å²) in [5.41, 5.74) is 6.16. The van der Waals surface area contributed by atoms with Gasteiger partial charge in [0.1, 0.15) is 0 Å². The third kappa shape index (κ3) is 3.75. The molecule has 0 radical (unpaired) electrons. The van der Waals surface area contributed by atoms with Crippen molar-refractivity contribution < 1.29 is 4.79 Å². The molecule has 0 spiro atoms. The Balaban J connectivity index is 1.85. The molecule has 1 amide bonds. The van der Waals surface area contributed by atoms with Crippen molar-refractivity contribution in [3.8, 4) is 0 Å². The van der Waals surface area contributed by atoms with Crippen LogP contribution < -0.4 is 5.73 Å². The van der Waals surface area contributed by atoms with Gasteiger partial charge in [-0.05, 0) is 55.9 Å². The molecule has 3 heteroatoms. The van der Waals surface area contributed by atoms with E-state index in [1.807, 2.05) is 0 Å². The van der Waals surface area contributed by atoms with E-state index in [2.05, 4.69) is 25.7 Å². The summed E-state index contributed by atoms with van der Waals surface area (Å²) in [5, 5.41) is 0. The van der Waals surface area contributed by atoms with E-state index in [0.717, 1.165) is 38.4 Å². The van der Waals surface area contributed by atoms with E-state index in [-0.39, 0.29) is 5.92 Å². The summed E-state index contributed by atoms with van der Waals surface area (Å²) >= 11 is 0. The molecule has 0 aromatic heterocycles. The van der Waals surface area contributed by atoms with Crippen LogP contribution in [0.25, 0.3) is 0 Å². The highest BCUT2D eigenvalue weighted by Gasteiger charge is 2.34. The molecule has 0 bridgehead atoms. The second-order valence-corrected chi connectivity index (χ2v) is 7.93. The van der Waals surface area contributed by atoms with Gasteiger partial charge in [-0.1, -0.05) is 27.2 Å². The zero-order valence-electron chi connectivity index (χ0n) is 13.5. The van der Waals surface area contributed by atoms with Gasteiger partial charge in [0.25, 0.3) is 0 Å². The van der Waals surface area contributed by atoms with Gasteiger partial charge in [0.15, 0.2) is 0 Å². The smallest absolute Gasteiger partial charge is 0.225 e. The third-order valence-electron chi connectivity index (χ3n) is 5.50. The van der Waals surface area contributed by atoms with Crippen LogP contribution in [0.5, 0.6) is 0 Å². The fraction of sp³-hybridized carbons (Fsp3) is 0.941. The van der Waals surface area contributed by atoms with E-state index in [4.69, 9.17) is 5.73 Å². The first-order valence-corrected chi connectivity index (χ1v) is 8.40. The second-order valence-electron chi connectivity index (χ2n) is 7.93. The Labute approximate surface area is 124 Å². The fourth-order valence-electron chi connectivity index (χ4n) is 3.95. The van der Waals surface area contributed by atoms with Gasteiger partial charge < -0.3 is 10.6 Å². The van der Waals surface area contributed by atoms with Crippen LogP contribution in [0.3, 0.4) is 0 Å². The predicted molar refractivity (Wildman–Crippen MR) is 83.3 cm³/mol. The van der Waals surface area contributed by atoms with Crippen LogP contribution in [-0.4, -0.2) is 30.4 Å². The van der Waals surface area contributed by atoms with Crippen molar-refractivity contribution in [2.75, 3.05) is 19.6 Å². The lowest BCUT2D eigenvalue weighted by atomic mass is 9.75. The Hall–Kier alpha value is -0.570. The minimum atomic E-state index is 0.253. The van der Waals surface area contributed by atoms with E-state index < -0.39 is 0 Å². The van der Waals surface area contributed by atoms with Crippen molar-refractivity contribution in [1.29, 1.82) is 0 Å². The zero-order valence-corrected chi connectivity index (χ0v) is 13.5. The fourth-order valence-corrected chi connectivity index (χ4v) is 3.95. The first-order valence-electron chi connectivity index (χ1n) is 8.40. The van der Waals surface area contributed by atoms with E-state index in [9.17, 15) is 4.79 Å². The van der Waals surface area contributed by atoms with Gasteiger partial charge in [0, 0.05) is 19.0 Å². The van der Waals surface area contributed by atoms with Crippen LogP contribution in [0, 0.1) is 23.2 Å². The molecule has 1 aliphatic heterocycles. The quantitative estimate of drug-likeness (QED) is 0.845. The molecule has 0 aromatic carbocycles. The van der Waals surface area contributed by atoms with E-state index in [0.29, 0.717) is 17.2 Å². The third-order valence-corrected chi connectivity index (χ3v) is 5.50. The standard InChI is InChI=1S/C17H32N2O/c1-17(2,3)15-7-9-19(10-8-15)16(20)14-6-4-5-13(11-14)12-18/h13-15H,4-12,18H2,1-3H3. The molecule has 2 unspecified atom stereocenters. The van der Waals surface area contributed by atoms with Gasteiger partial charge in [-0.25, -0.2) is 0 Å². The summed E-state index contributed by atoms with van der Waals surface area (Å²) in [7, 11) is 0. The van der Waals surface area contributed by atoms with Crippen molar-refractivity contribution >= 4 is 5.91 Å². The summed E-state index contributed by atoms with van der Waals surface area (Å²) in [6, 6.07) is 0. The van der Waals surface area contributed by atoms with Crippen LogP contribution >= 0.6 is 0 Å². The molecule has 1 saturated carbocycles. The highest BCUT2D eigenvalue weighted by Crippen LogP contribution is 2.36. The Bertz CT molecular complexity index is 326. The van der Waals surface area contributed by atoms with Crippen LogP contribution in [0.4, 0.5) is 0 Å². The number of piperidine rings is 1. The number of amides is 1. The molecule has 3 nitrogen and oxygen atoms in total. The number of nitrogens with zero attached hydrogens (tertiary/aromatic N) is 1. The molecule has 2 aliphatic rings. The van der Waals surface area contributed by atoms with Crippen LogP contribution in [0.15, 0.2) is 0 Å². The summed E-state index contributed by atoms with van der Waals surface area (Å²) in [6.07, 6.45) is 6.83. The minimum Gasteiger partial charge on any atom is -0.342 e. The Morgan fingerprint density at radius 1 is 1.15 bits per heavy atom. The van der Waals surface area contributed by atoms with Gasteiger partial charge >= 0.3 is 0 Å². The van der Waals surface area contributed by atoms with Crippen molar-refractivity contribution in [2.45, 2.75) is 59.3 Å². The molecule has 0 aromatic rings. The topological polar surface area (TPSA) is 46.3 Å². The maximum absolute atomic E-state index is 12.7. The highest BCUT2D eigenvalue weighted by molar-refractivity contribution is 5.79. The Morgan fingerprint density at radius 2 is 1.80 bits per heavy atom. The number of nitrogens with two attached hydrogens (primary N) is 1. The van der Waals surface area contributed by atoms with Crippen LogP contribution in [0.1, 0.15) is 59.3 Å². The number of carbonyl (C=O) groups is 1. The van der Waals surface area contributed by atoms with Gasteiger partial charge in [-0.2, -0.15) is 0 Å². The number of carbonyl (C=O) groups excluding carboxylic acids is 1. The first kappa shape index (κ1) is 15.8. The maximum atomic E-state index is 12.7. The van der Waals surface area contributed by atoms with Gasteiger partial charge in [0.05, 0.1) is 0 Å². The molecule has 2 fully saturated rings. The van der Waals surface area contributed by atoms with Crippen molar-refractivity contribution in [1.82, 2.24) is 4.90 Å². The molecule has 2 rings (SSSR count). The largest absolute Gasteiger partial charge is 0.342 e. The summed E-state index contributed by atoms with van der Waals surface area (Å²) in [6.45, 7) is 9.64. The van der Waals surface area contributed by atoms with E-state index in [1.54, 1.807) is 0 Å². The maximum Gasteiger partial charge on any atom is 0.225 e. The highest BCUT2D eigenvalue weighted by atomic mass is 16.2. The SMILES string of the molecule is CC(C)(C)C1CCN(C(=O)C2CCCC(CN)C2)CC1. The molecule has 116 valence electrons.